The predicted molar refractivity (Wildman–Crippen MR) is 102 cm³/mol. The third-order valence-corrected chi connectivity index (χ3v) is 5.15. The smallest absolute Gasteiger partial charge is 0.222 e. The Hall–Kier alpha value is -3.12. The van der Waals surface area contributed by atoms with Crippen LogP contribution in [0.3, 0.4) is 0 Å². The number of amides is 1. The lowest BCUT2D eigenvalue weighted by Crippen LogP contribution is -2.13. The number of carbonyl (C=O) groups is 1. The molecule has 0 saturated carbocycles. The first kappa shape index (κ1) is 16.4. The topological polar surface area (TPSA) is 69.6 Å². The first-order valence-corrected chi connectivity index (χ1v) is 9.02. The van der Waals surface area contributed by atoms with Crippen LogP contribution in [0.15, 0.2) is 67.0 Å². The van der Waals surface area contributed by atoms with E-state index in [0.717, 1.165) is 26.7 Å². The maximum atomic E-state index is 11.5. The molecule has 0 aliphatic heterocycles. The summed E-state index contributed by atoms with van der Waals surface area (Å²) in [6.07, 6.45) is 3.96. The molecule has 0 aliphatic carbocycles. The zero-order chi connectivity index (χ0) is 17.9. The Morgan fingerprint density at radius 1 is 1.15 bits per heavy atom. The SMILES string of the molecule is NC(=O)Cc1sc(-c2cnc3ccccn23)cc1OCc1ccccc1. The summed E-state index contributed by atoms with van der Waals surface area (Å²) >= 11 is 1.51. The number of primary amides is 1. The van der Waals surface area contributed by atoms with Crippen LogP contribution in [0, 0.1) is 0 Å². The zero-order valence-corrected chi connectivity index (χ0v) is 14.8. The van der Waals surface area contributed by atoms with E-state index < -0.39 is 0 Å². The number of hydrogen-bond acceptors (Lipinski definition) is 4. The molecular weight excluding hydrogens is 346 g/mol. The molecule has 3 heterocycles. The van der Waals surface area contributed by atoms with Crippen LogP contribution >= 0.6 is 11.3 Å². The molecule has 0 bridgehead atoms. The molecule has 130 valence electrons. The number of aromatic nitrogens is 2. The molecule has 0 unspecified atom stereocenters. The molecular formula is C20H17N3O2S. The van der Waals surface area contributed by atoms with Gasteiger partial charge in [-0.05, 0) is 17.7 Å². The van der Waals surface area contributed by atoms with Crippen LogP contribution in [0.5, 0.6) is 5.75 Å². The van der Waals surface area contributed by atoms with E-state index in [1.807, 2.05) is 71.4 Å². The van der Waals surface area contributed by atoms with E-state index in [2.05, 4.69) is 4.98 Å². The Morgan fingerprint density at radius 3 is 2.77 bits per heavy atom. The van der Waals surface area contributed by atoms with E-state index in [1.54, 1.807) is 0 Å². The minimum absolute atomic E-state index is 0.158. The van der Waals surface area contributed by atoms with E-state index >= 15 is 0 Å². The summed E-state index contributed by atoms with van der Waals surface area (Å²) in [5, 5.41) is 0. The number of pyridine rings is 1. The number of rotatable bonds is 6. The maximum absolute atomic E-state index is 11.5. The second kappa shape index (κ2) is 7.01. The lowest BCUT2D eigenvalue weighted by atomic mass is 10.2. The van der Waals surface area contributed by atoms with Gasteiger partial charge in [0.05, 0.1) is 28.1 Å². The average molecular weight is 363 g/mol. The van der Waals surface area contributed by atoms with Crippen LogP contribution in [-0.4, -0.2) is 15.3 Å². The Bertz CT molecular complexity index is 1050. The van der Waals surface area contributed by atoms with Gasteiger partial charge in [0.2, 0.25) is 5.91 Å². The number of carbonyl (C=O) groups excluding carboxylic acids is 1. The van der Waals surface area contributed by atoms with Gasteiger partial charge in [0.25, 0.3) is 0 Å². The second-order valence-corrected chi connectivity index (χ2v) is 7.02. The maximum Gasteiger partial charge on any atom is 0.222 e. The molecule has 3 aromatic heterocycles. The van der Waals surface area contributed by atoms with E-state index in [-0.39, 0.29) is 12.3 Å². The van der Waals surface area contributed by atoms with E-state index in [1.165, 1.54) is 11.3 Å². The molecule has 0 aliphatic rings. The highest BCUT2D eigenvalue weighted by atomic mass is 32.1. The Balaban J connectivity index is 1.68. The summed E-state index contributed by atoms with van der Waals surface area (Å²) in [6.45, 7) is 0.440. The standard InChI is InChI=1S/C20H17N3O2S/c21-19(24)11-18-16(25-13-14-6-2-1-3-7-14)10-17(26-18)15-12-22-20-8-4-5-9-23(15)20/h1-10,12H,11,13H2,(H2,21,24). The van der Waals surface area contributed by atoms with Crippen molar-refractivity contribution in [2.45, 2.75) is 13.0 Å². The minimum atomic E-state index is -0.374. The Kier molecular flexibility index (Phi) is 4.41. The van der Waals surface area contributed by atoms with Gasteiger partial charge in [-0.3, -0.25) is 9.20 Å². The number of nitrogens with zero attached hydrogens (tertiary/aromatic N) is 2. The van der Waals surface area contributed by atoms with Crippen LogP contribution in [0.25, 0.3) is 16.2 Å². The second-order valence-electron chi connectivity index (χ2n) is 5.89. The highest BCUT2D eigenvalue weighted by molar-refractivity contribution is 7.15. The van der Waals surface area contributed by atoms with E-state index in [9.17, 15) is 4.79 Å². The molecule has 26 heavy (non-hydrogen) atoms. The third kappa shape index (κ3) is 3.32. The lowest BCUT2D eigenvalue weighted by molar-refractivity contribution is -0.117. The molecule has 5 nitrogen and oxygen atoms in total. The first-order chi connectivity index (χ1) is 12.7. The fraction of sp³-hybridized carbons (Fsp3) is 0.100. The fourth-order valence-electron chi connectivity index (χ4n) is 2.79. The molecule has 0 fully saturated rings. The van der Waals surface area contributed by atoms with Crippen molar-refractivity contribution in [3.63, 3.8) is 0 Å². The first-order valence-electron chi connectivity index (χ1n) is 8.21. The summed E-state index contributed by atoms with van der Waals surface area (Å²) < 4.78 is 8.00. The van der Waals surface area contributed by atoms with Gasteiger partial charge in [-0.15, -0.1) is 11.3 Å². The number of nitrogens with two attached hydrogens (primary N) is 1. The molecule has 1 aromatic carbocycles. The van der Waals surface area contributed by atoms with E-state index in [0.29, 0.717) is 12.4 Å². The van der Waals surface area contributed by atoms with Crippen molar-refractivity contribution in [1.29, 1.82) is 0 Å². The summed E-state index contributed by atoms with van der Waals surface area (Å²) in [5.74, 6) is 0.319. The normalized spacial score (nSPS) is 10.9. The van der Waals surface area contributed by atoms with Crippen molar-refractivity contribution < 1.29 is 9.53 Å². The van der Waals surface area contributed by atoms with Crippen LogP contribution in [0.1, 0.15) is 10.4 Å². The zero-order valence-electron chi connectivity index (χ0n) is 14.0. The summed E-state index contributed by atoms with van der Waals surface area (Å²) in [6, 6.07) is 17.8. The number of thiophene rings is 1. The van der Waals surface area contributed by atoms with Crippen LogP contribution < -0.4 is 10.5 Å². The summed E-state index contributed by atoms with van der Waals surface area (Å²) in [7, 11) is 0. The van der Waals surface area contributed by atoms with Crippen molar-refractivity contribution in [1.82, 2.24) is 9.38 Å². The summed E-state index contributed by atoms with van der Waals surface area (Å²) in [5.41, 5.74) is 8.32. The number of ether oxygens (including phenoxy) is 1. The van der Waals surface area contributed by atoms with Crippen LogP contribution in [0.2, 0.25) is 0 Å². The number of fused-ring (bicyclic) bond motifs is 1. The molecule has 1 amide bonds. The molecule has 0 atom stereocenters. The summed E-state index contributed by atoms with van der Waals surface area (Å²) in [4.78, 5) is 17.7. The van der Waals surface area contributed by atoms with Gasteiger partial charge in [0.15, 0.2) is 0 Å². The molecule has 4 rings (SSSR count). The Labute approximate surface area is 154 Å². The molecule has 0 spiro atoms. The van der Waals surface area contributed by atoms with Crippen molar-refractivity contribution in [2.24, 2.45) is 5.73 Å². The average Bonchev–Trinajstić information content (AvgIpc) is 3.24. The number of imidazole rings is 1. The van der Waals surface area contributed by atoms with Gasteiger partial charge in [-0.2, -0.15) is 0 Å². The van der Waals surface area contributed by atoms with Gasteiger partial charge in [0.1, 0.15) is 18.0 Å². The monoisotopic (exact) mass is 363 g/mol. The van der Waals surface area contributed by atoms with Gasteiger partial charge in [-0.1, -0.05) is 36.4 Å². The quantitative estimate of drug-likeness (QED) is 0.568. The fourth-order valence-corrected chi connectivity index (χ4v) is 3.91. The predicted octanol–water partition coefficient (Wildman–Crippen LogP) is 3.67. The molecule has 6 heteroatoms. The molecule has 2 N–H and O–H groups in total. The lowest BCUT2D eigenvalue weighted by Gasteiger charge is -2.06. The van der Waals surface area contributed by atoms with Crippen LogP contribution in [-0.2, 0) is 17.8 Å². The van der Waals surface area contributed by atoms with Gasteiger partial charge in [0, 0.05) is 12.3 Å². The van der Waals surface area contributed by atoms with Crippen LogP contribution in [0.4, 0.5) is 0 Å². The van der Waals surface area contributed by atoms with Gasteiger partial charge < -0.3 is 10.5 Å². The minimum Gasteiger partial charge on any atom is -0.488 e. The highest BCUT2D eigenvalue weighted by Crippen LogP contribution is 2.37. The van der Waals surface area contributed by atoms with Crippen molar-refractivity contribution in [3.05, 3.63) is 77.4 Å². The third-order valence-electron chi connectivity index (χ3n) is 4.01. The number of benzene rings is 1. The van der Waals surface area contributed by atoms with Crippen molar-refractivity contribution in [2.75, 3.05) is 0 Å². The van der Waals surface area contributed by atoms with Gasteiger partial charge in [-0.25, -0.2) is 4.98 Å². The molecule has 0 saturated heterocycles. The highest BCUT2D eigenvalue weighted by Gasteiger charge is 2.16. The molecule has 4 aromatic rings. The van der Waals surface area contributed by atoms with Gasteiger partial charge >= 0.3 is 0 Å². The van der Waals surface area contributed by atoms with E-state index in [4.69, 9.17) is 10.5 Å². The van der Waals surface area contributed by atoms with Crippen molar-refractivity contribution >= 4 is 22.9 Å². The van der Waals surface area contributed by atoms with Crippen molar-refractivity contribution in [3.8, 4) is 16.3 Å². The largest absolute Gasteiger partial charge is 0.488 e. The molecule has 0 radical (unpaired) electrons. The number of hydrogen-bond donors (Lipinski definition) is 1. The Morgan fingerprint density at radius 2 is 1.96 bits per heavy atom.